The van der Waals surface area contributed by atoms with Gasteiger partial charge in [-0.3, -0.25) is 0 Å². The fourth-order valence-electron chi connectivity index (χ4n) is 2.25. The van der Waals surface area contributed by atoms with Crippen LogP contribution in [0.1, 0.15) is 32.6 Å². The molecule has 3 heteroatoms. The Morgan fingerprint density at radius 2 is 2.11 bits per heavy atom. The van der Waals surface area contributed by atoms with E-state index in [1.165, 1.54) is 18.9 Å². The van der Waals surface area contributed by atoms with Gasteiger partial charge in [-0.1, -0.05) is 19.4 Å². The molecule has 1 unspecified atom stereocenters. The lowest BCUT2D eigenvalue weighted by atomic mass is 9.96. The summed E-state index contributed by atoms with van der Waals surface area (Å²) >= 11 is 0. The van der Waals surface area contributed by atoms with Crippen LogP contribution in [-0.4, -0.2) is 20.1 Å². The van der Waals surface area contributed by atoms with Gasteiger partial charge in [0.15, 0.2) is 0 Å². The molecule has 1 aromatic rings. The highest BCUT2D eigenvalue weighted by Crippen LogP contribution is 2.17. The zero-order chi connectivity index (χ0) is 13.4. The van der Waals surface area contributed by atoms with E-state index in [0.29, 0.717) is 0 Å². The summed E-state index contributed by atoms with van der Waals surface area (Å²) in [5.74, 6) is 0.560. The minimum atomic E-state index is -0.172. The molecular weight excluding hydrogens is 227 g/mol. The summed E-state index contributed by atoms with van der Waals surface area (Å²) in [4.78, 5) is 2.11. The van der Waals surface area contributed by atoms with Gasteiger partial charge in [0.05, 0.1) is 0 Å². The largest absolute Gasteiger partial charge is 0.375 e. The van der Waals surface area contributed by atoms with Gasteiger partial charge in [0, 0.05) is 19.3 Å². The third kappa shape index (κ3) is 5.05. The Kier molecular flexibility index (Phi) is 6.73. The Morgan fingerprint density at radius 1 is 1.33 bits per heavy atom. The van der Waals surface area contributed by atoms with Crippen LogP contribution in [0.3, 0.4) is 0 Å². The normalized spacial score (nSPS) is 12.4. The predicted octanol–water partition coefficient (Wildman–Crippen LogP) is 3.42. The number of nitrogens with zero attached hydrogens (tertiary/aromatic N) is 1. The van der Waals surface area contributed by atoms with Crippen molar-refractivity contribution < 1.29 is 4.39 Å². The van der Waals surface area contributed by atoms with Crippen molar-refractivity contribution in [3.05, 3.63) is 30.1 Å². The van der Waals surface area contributed by atoms with Crippen LogP contribution in [0.25, 0.3) is 0 Å². The third-order valence-electron chi connectivity index (χ3n) is 3.51. The summed E-state index contributed by atoms with van der Waals surface area (Å²) < 4.78 is 13.1. The van der Waals surface area contributed by atoms with Gasteiger partial charge in [0.2, 0.25) is 0 Å². The molecule has 2 N–H and O–H groups in total. The van der Waals surface area contributed by atoms with Crippen LogP contribution in [0, 0.1) is 11.7 Å². The van der Waals surface area contributed by atoms with E-state index >= 15 is 0 Å². The second kappa shape index (κ2) is 8.09. The molecule has 2 nitrogen and oxygen atoms in total. The van der Waals surface area contributed by atoms with Crippen LogP contribution in [0.2, 0.25) is 0 Å². The number of hydrogen-bond acceptors (Lipinski definition) is 2. The molecule has 1 aromatic carbocycles. The molecule has 0 aliphatic heterocycles. The Hall–Kier alpha value is -1.09. The maximum Gasteiger partial charge on any atom is 0.125 e. The zero-order valence-electron chi connectivity index (χ0n) is 11.5. The fourth-order valence-corrected chi connectivity index (χ4v) is 2.25. The van der Waals surface area contributed by atoms with Gasteiger partial charge in [0.25, 0.3) is 0 Å². The van der Waals surface area contributed by atoms with E-state index in [-0.39, 0.29) is 5.82 Å². The number of nitrogens with two attached hydrogens (primary N) is 1. The Morgan fingerprint density at radius 3 is 2.72 bits per heavy atom. The monoisotopic (exact) mass is 252 g/mol. The first-order valence-electron chi connectivity index (χ1n) is 6.84. The zero-order valence-corrected chi connectivity index (χ0v) is 11.5. The van der Waals surface area contributed by atoms with E-state index in [0.717, 1.165) is 37.5 Å². The first-order chi connectivity index (χ1) is 8.67. The maximum atomic E-state index is 13.1. The van der Waals surface area contributed by atoms with Crippen molar-refractivity contribution in [2.24, 2.45) is 11.7 Å². The van der Waals surface area contributed by atoms with Crippen LogP contribution in [0.15, 0.2) is 24.3 Å². The number of rotatable bonds is 8. The van der Waals surface area contributed by atoms with Crippen molar-refractivity contribution in [1.82, 2.24) is 0 Å². The molecule has 0 heterocycles. The molecule has 1 rings (SSSR count). The van der Waals surface area contributed by atoms with Crippen LogP contribution >= 0.6 is 0 Å². The SMILES string of the molecule is CCC(CCN)CCCN(C)c1cccc(F)c1. The van der Waals surface area contributed by atoms with Crippen LogP contribution in [-0.2, 0) is 0 Å². The van der Waals surface area contributed by atoms with Gasteiger partial charge in [-0.05, 0) is 49.9 Å². The average molecular weight is 252 g/mol. The quantitative estimate of drug-likeness (QED) is 0.768. The molecule has 0 aliphatic rings. The number of anilines is 1. The molecule has 1 atom stereocenters. The highest BCUT2D eigenvalue weighted by molar-refractivity contribution is 5.45. The van der Waals surface area contributed by atoms with Gasteiger partial charge >= 0.3 is 0 Å². The van der Waals surface area contributed by atoms with Gasteiger partial charge < -0.3 is 10.6 Å². The van der Waals surface area contributed by atoms with Crippen molar-refractivity contribution in [2.75, 3.05) is 25.0 Å². The molecule has 0 fully saturated rings. The highest BCUT2D eigenvalue weighted by Gasteiger charge is 2.07. The van der Waals surface area contributed by atoms with Gasteiger partial charge in [-0.15, -0.1) is 0 Å². The van der Waals surface area contributed by atoms with E-state index in [2.05, 4.69) is 11.8 Å². The second-order valence-electron chi connectivity index (χ2n) is 4.90. The van der Waals surface area contributed by atoms with Crippen molar-refractivity contribution in [3.8, 4) is 0 Å². The molecule has 0 radical (unpaired) electrons. The van der Waals surface area contributed by atoms with Crippen molar-refractivity contribution in [2.45, 2.75) is 32.6 Å². The lowest BCUT2D eigenvalue weighted by molar-refractivity contribution is 0.431. The summed E-state index contributed by atoms with van der Waals surface area (Å²) in [6, 6.07) is 6.76. The Balaban J connectivity index is 2.34. The molecule has 0 aliphatic carbocycles. The topological polar surface area (TPSA) is 29.3 Å². The molecular formula is C15H25FN2. The first kappa shape index (κ1) is 15.0. The molecule has 102 valence electrons. The second-order valence-corrected chi connectivity index (χ2v) is 4.90. The summed E-state index contributed by atoms with van der Waals surface area (Å²) in [5, 5.41) is 0. The minimum absolute atomic E-state index is 0.172. The Bertz CT molecular complexity index is 341. The summed E-state index contributed by atoms with van der Waals surface area (Å²) in [6.45, 7) is 3.96. The van der Waals surface area contributed by atoms with Crippen LogP contribution in [0.5, 0.6) is 0 Å². The highest BCUT2D eigenvalue weighted by atomic mass is 19.1. The van der Waals surface area contributed by atoms with Gasteiger partial charge in [-0.25, -0.2) is 4.39 Å². The number of hydrogen-bond donors (Lipinski definition) is 1. The Labute approximate surface area is 110 Å². The van der Waals surface area contributed by atoms with Crippen molar-refractivity contribution in [1.29, 1.82) is 0 Å². The standard InChI is InChI=1S/C15H25FN2/c1-3-13(9-10-17)6-5-11-18(2)15-8-4-7-14(16)12-15/h4,7-8,12-13H,3,5-6,9-11,17H2,1-2H3. The van der Waals surface area contributed by atoms with Gasteiger partial charge in [-0.2, -0.15) is 0 Å². The average Bonchev–Trinajstić information content (AvgIpc) is 2.37. The van der Waals surface area contributed by atoms with E-state index in [1.807, 2.05) is 13.1 Å². The fraction of sp³-hybridized carbons (Fsp3) is 0.600. The lowest BCUT2D eigenvalue weighted by Gasteiger charge is -2.21. The number of halogens is 1. The molecule has 0 spiro atoms. The molecule has 0 saturated heterocycles. The molecule has 0 saturated carbocycles. The molecule has 0 amide bonds. The lowest BCUT2D eigenvalue weighted by Crippen LogP contribution is -2.19. The van der Waals surface area contributed by atoms with Crippen LogP contribution in [0.4, 0.5) is 10.1 Å². The van der Waals surface area contributed by atoms with E-state index in [4.69, 9.17) is 5.73 Å². The van der Waals surface area contributed by atoms with Crippen LogP contribution < -0.4 is 10.6 Å². The molecule has 0 aromatic heterocycles. The predicted molar refractivity (Wildman–Crippen MR) is 76.4 cm³/mol. The molecule has 18 heavy (non-hydrogen) atoms. The summed E-state index contributed by atoms with van der Waals surface area (Å²) in [5.41, 5.74) is 6.54. The maximum absolute atomic E-state index is 13.1. The summed E-state index contributed by atoms with van der Waals surface area (Å²) in [6.07, 6.45) is 4.64. The first-order valence-corrected chi connectivity index (χ1v) is 6.84. The minimum Gasteiger partial charge on any atom is -0.375 e. The van der Waals surface area contributed by atoms with Crippen molar-refractivity contribution >= 4 is 5.69 Å². The molecule has 0 bridgehead atoms. The van der Waals surface area contributed by atoms with E-state index < -0.39 is 0 Å². The van der Waals surface area contributed by atoms with E-state index in [9.17, 15) is 4.39 Å². The summed E-state index contributed by atoms with van der Waals surface area (Å²) in [7, 11) is 2.01. The van der Waals surface area contributed by atoms with E-state index in [1.54, 1.807) is 12.1 Å². The van der Waals surface area contributed by atoms with Gasteiger partial charge in [0.1, 0.15) is 5.82 Å². The third-order valence-corrected chi connectivity index (χ3v) is 3.51. The smallest absolute Gasteiger partial charge is 0.125 e. The van der Waals surface area contributed by atoms with Crippen molar-refractivity contribution in [3.63, 3.8) is 0 Å². The number of benzene rings is 1.